The lowest BCUT2D eigenvalue weighted by Gasteiger charge is -2.27. The zero-order chi connectivity index (χ0) is 41.8. The third-order valence-corrected chi connectivity index (χ3v) is 11.6. The van der Waals surface area contributed by atoms with Crippen molar-refractivity contribution in [2.75, 3.05) is 17.2 Å². The molecule has 5 rings (SSSR count). The molecule has 0 saturated heterocycles. The SMILES string of the molecule is CC(C)(C)OC(=O)N[C@@H](Cc1cc(F)cc(F)c1)c1nc(C#CC(C)(C)S(C)(=O)=O)c2c(c1-c1ccc(Cl)c3c(NS(C)(=O)=O)nn(CC(F)(F)F)c13)CCC2. The number of hydrogen-bond donors (Lipinski definition) is 2. The molecule has 4 aromatic rings. The van der Waals surface area contributed by atoms with Gasteiger partial charge < -0.3 is 10.1 Å². The van der Waals surface area contributed by atoms with Crippen molar-refractivity contribution in [3.8, 4) is 23.0 Å². The van der Waals surface area contributed by atoms with E-state index in [9.17, 15) is 43.6 Å². The van der Waals surface area contributed by atoms with Gasteiger partial charge in [0.2, 0.25) is 10.0 Å². The zero-order valence-electron chi connectivity index (χ0n) is 31.4. The molecule has 1 aliphatic carbocycles. The second-order valence-corrected chi connectivity index (χ2v) is 19.8. The Morgan fingerprint density at radius 1 is 1.00 bits per heavy atom. The van der Waals surface area contributed by atoms with Gasteiger partial charge in [-0.3, -0.25) is 9.40 Å². The fourth-order valence-corrected chi connectivity index (χ4v) is 7.25. The van der Waals surface area contributed by atoms with Crippen LogP contribution in [0.5, 0.6) is 0 Å². The normalized spacial score (nSPS) is 14.2. The van der Waals surface area contributed by atoms with Crippen molar-refractivity contribution < 1.29 is 48.3 Å². The summed E-state index contributed by atoms with van der Waals surface area (Å²) >= 11 is 6.57. The fourth-order valence-electron chi connectivity index (χ4n) is 6.28. The summed E-state index contributed by atoms with van der Waals surface area (Å²) in [5.41, 5.74) is 0.226. The molecule has 0 saturated carbocycles. The van der Waals surface area contributed by atoms with Gasteiger partial charge in [0.25, 0.3) is 0 Å². The Morgan fingerprint density at radius 3 is 2.20 bits per heavy atom. The van der Waals surface area contributed by atoms with Crippen molar-refractivity contribution >= 4 is 54.3 Å². The first-order valence-electron chi connectivity index (χ1n) is 17.1. The Balaban J connectivity index is 1.94. The van der Waals surface area contributed by atoms with Crippen LogP contribution in [0.25, 0.3) is 22.0 Å². The summed E-state index contributed by atoms with van der Waals surface area (Å²) in [5.74, 6) is 3.34. The third-order valence-electron chi connectivity index (χ3n) is 8.81. The van der Waals surface area contributed by atoms with Gasteiger partial charge in [0.15, 0.2) is 15.7 Å². The van der Waals surface area contributed by atoms with Crippen LogP contribution in [0.2, 0.25) is 5.02 Å². The first-order chi connectivity index (χ1) is 25.6. The van der Waals surface area contributed by atoms with Gasteiger partial charge in [-0.15, -0.1) is 0 Å². The predicted octanol–water partition coefficient (Wildman–Crippen LogP) is 7.44. The van der Waals surface area contributed by atoms with Crippen molar-refractivity contribution in [3.05, 3.63) is 75.1 Å². The lowest BCUT2D eigenvalue weighted by atomic mass is 9.88. The fraction of sp³-hybridized carbons (Fsp3) is 0.432. The summed E-state index contributed by atoms with van der Waals surface area (Å²) in [7, 11) is -7.80. The number of fused-ring (bicyclic) bond motifs is 2. The molecule has 0 aliphatic heterocycles. The second kappa shape index (κ2) is 15.1. The highest BCUT2D eigenvalue weighted by Crippen LogP contribution is 2.45. The molecule has 0 spiro atoms. The number of sulfonamides is 1. The first kappa shape index (κ1) is 42.7. The van der Waals surface area contributed by atoms with E-state index in [2.05, 4.69) is 27.0 Å². The van der Waals surface area contributed by atoms with E-state index in [0.717, 1.165) is 24.6 Å². The van der Waals surface area contributed by atoms with Crippen LogP contribution in [0.1, 0.15) is 75.2 Å². The van der Waals surface area contributed by atoms with Crippen LogP contribution in [0, 0.1) is 23.5 Å². The first-order valence-corrected chi connectivity index (χ1v) is 21.3. The molecule has 1 aliphatic rings. The molecule has 19 heteroatoms. The van der Waals surface area contributed by atoms with Crippen molar-refractivity contribution in [3.63, 3.8) is 0 Å². The molecule has 302 valence electrons. The van der Waals surface area contributed by atoms with Gasteiger partial charge in [-0.2, -0.15) is 18.3 Å². The Morgan fingerprint density at radius 2 is 1.62 bits per heavy atom. The van der Waals surface area contributed by atoms with Gasteiger partial charge in [0.1, 0.15) is 34.2 Å². The van der Waals surface area contributed by atoms with E-state index < -0.39 is 72.5 Å². The number of rotatable bonds is 9. The molecule has 1 amide bonds. The largest absolute Gasteiger partial charge is 0.444 e. The molecular weight excluding hydrogens is 805 g/mol. The maximum absolute atomic E-state index is 14.6. The molecule has 2 N–H and O–H groups in total. The average molecular weight is 844 g/mol. The Bertz CT molecular complexity index is 2500. The van der Waals surface area contributed by atoms with Crippen LogP contribution in [0.3, 0.4) is 0 Å². The van der Waals surface area contributed by atoms with Gasteiger partial charge in [-0.1, -0.05) is 23.6 Å². The number of aromatic nitrogens is 3. The summed E-state index contributed by atoms with van der Waals surface area (Å²) in [4.78, 5) is 18.4. The highest BCUT2D eigenvalue weighted by atomic mass is 35.5. The number of ether oxygens (including phenoxy) is 1. The number of pyridine rings is 1. The number of hydrogen-bond acceptors (Lipinski definition) is 8. The predicted molar refractivity (Wildman–Crippen MR) is 202 cm³/mol. The summed E-state index contributed by atoms with van der Waals surface area (Å²) in [6, 6.07) is 4.18. The smallest absolute Gasteiger partial charge is 0.408 e. The number of nitrogens with one attached hydrogen (secondary N) is 2. The van der Waals surface area contributed by atoms with E-state index in [1.54, 1.807) is 20.8 Å². The van der Waals surface area contributed by atoms with Crippen molar-refractivity contribution in [1.29, 1.82) is 0 Å². The Labute approximate surface area is 326 Å². The lowest BCUT2D eigenvalue weighted by Crippen LogP contribution is -2.36. The minimum atomic E-state index is -4.85. The van der Waals surface area contributed by atoms with Gasteiger partial charge in [0, 0.05) is 23.4 Å². The number of benzene rings is 2. The quantitative estimate of drug-likeness (QED) is 0.131. The van der Waals surface area contributed by atoms with Crippen molar-refractivity contribution in [1.82, 2.24) is 20.1 Å². The molecule has 1 atom stereocenters. The highest BCUT2D eigenvalue weighted by Gasteiger charge is 2.35. The van der Waals surface area contributed by atoms with Gasteiger partial charge >= 0.3 is 12.3 Å². The number of amides is 1. The molecule has 56 heavy (non-hydrogen) atoms. The number of sulfone groups is 1. The number of alkyl halides is 3. The number of carbonyl (C=O) groups is 1. The molecule has 2 aromatic heterocycles. The van der Waals surface area contributed by atoms with E-state index in [4.69, 9.17) is 21.3 Å². The summed E-state index contributed by atoms with van der Waals surface area (Å²) in [6.45, 7) is 5.96. The Hall–Kier alpha value is -4.47. The van der Waals surface area contributed by atoms with E-state index in [1.165, 1.54) is 26.0 Å². The van der Waals surface area contributed by atoms with Crippen LogP contribution < -0.4 is 10.0 Å². The standard InChI is InChI=1S/C37H39ClF5N5O6S2/c1-35(2,3)54-34(49)45-28(17-20-15-21(39)18-22(40)16-20)31-29(24-10-8-9-23(24)27(44-31)13-14-36(4,5)55(6,50)51)25-11-12-26(38)30-32(25)48(19-37(41,42)43)46-33(30)47-56(7,52)53/h11-12,15-16,18,28H,8-10,17,19H2,1-7H3,(H,45,49)(H,46,47)/t28-/m0/s1. The highest BCUT2D eigenvalue weighted by molar-refractivity contribution is 7.92. The lowest BCUT2D eigenvalue weighted by molar-refractivity contribution is -0.141. The van der Waals surface area contributed by atoms with Crippen LogP contribution >= 0.6 is 11.6 Å². The zero-order valence-corrected chi connectivity index (χ0v) is 33.8. The molecule has 0 bridgehead atoms. The number of halogens is 6. The number of nitrogens with zero attached hydrogens (tertiary/aromatic N) is 3. The third kappa shape index (κ3) is 9.90. The van der Waals surface area contributed by atoms with E-state index >= 15 is 0 Å². The maximum Gasteiger partial charge on any atom is 0.408 e. The summed E-state index contributed by atoms with van der Waals surface area (Å²) in [5, 5.41) is 6.41. The molecule has 0 radical (unpaired) electrons. The summed E-state index contributed by atoms with van der Waals surface area (Å²) < 4.78 is 128. The van der Waals surface area contributed by atoms with E-state index in [0.29, 0.717) is 41.1 Å². The van der Waals surface area contributed by atoms with Crippen molar-refractivity contribution in [2.24, 2.45) is 0 Å². The molecule has 11 nitrogen and oxygen atoms in total. The van der Waals surface area contributed by atoms with Gasteiger partial charge in [-0.25, -0.2) is 35.4 Å². The average Bonchev–Trinajstić information content (AvgIpc) is 3.62. The maximum atomic E-state index is 14.6. The Kier molecular flexibility index (Phi) is 11.5. The number of carbonyl (C=O) groups excluding carboxylic acids is 1. The van der Waals surface area contributed by atoms with Crippen LogP contribution in [-0.4, -0.2) is 66.7 Å². The van der Waals surface area contributed by atoms with Crippen LogP contribution in [0.4, 0.5) is 32.6 Å². The van der Waals surface area contributed by atoms with Gasteiger partial charge in [0.05, 0.1) is 33.9 Å². The minimum absolute atomic E-state index is 0.0244. The summed E-state index contributed by atoms with van der Waals surface area (Å²) in [6.07, 6.45) is -3.14. The monoisotopic (exact) mass is 843 g/mol. The molecule has 0 fully saturated rings. The number of anilines is 1. The van der Waals surface area contributed by atoms with E-state index in [-0.39, 0.29) is 50.4 Å². The van der Waals surface area contributed by atoms with E-state index in [1.807, 2.05) is 0 Å². The minimum Gasteiger partial charge on any atom is -0.444 e. The molecule has 2 heterocycles. The molecule has 0 unspecified atom stereocenters. The van der Waals surface area contributed by atoms with Crippen molar-refractivity contribution in [2.45, 2.75) is 89.4 Å². The second-order valence-electron chi connectivity index (χ2n) is 15.1. The number of alkyl carbamates (subject to hydrolysis) is 1. The van der Waals surface area contributed by atoms with Crippen LogP contribution in [-0.2, 0) is 50.4 Å². The van der Waals surface area contributed by atoms with Crippen LogP contribution in [0.15, 0.2) is 30.3 Å². The molecule has 2 aromatic carbocycles. The molecular formula is C37H39ClF5N5O6S2. The van der Waals surface area contributed by atoms with Gasteiger partial charge in [-0.05, 0) is 101 Å². The topological polar surface area (TPSA) is 149 Å².